The van der Waals surface area contributed by atoms with E-state index in [-0.39, 0.29) is 5.91 Å². The Hall–Kier alpha value is -2.63. The van der Waals surface area contributed by atoms with Crippen molar-refractivity contribution in [1.29, 1.82) is 0 Å². The van der Waals surface area contributed by atoms with Crippen LogP contribution in [-0.2, 0) is 0 Å². The molecule has 3 aromatic rings. The first-order valence-electron chi connectivity index (χ1n) is 7.87. The Bertz CT molecular complexity index is 878. The number of H-pyrrole nitrogens is 1. The van der Waals surface area contributed by atoms with Gasteiger partial charge in [-0.15, -0.1) is 0 Å². The van der Waals surface area contributed by atoms with E-state index in [1.165, 1.54) is 0 Å². The van der Waals surface area contributed by atoms with Gasteiger partial charge in [-0.3, -0.25) is 9.89 Å². The van der Waals surface area contributed by atoms with Gasteiger partial charge in [0, 0.05) is 36.6 Å². The zero-order valence-electron chi connectivity index (χ0n) is 13.3. The molecule has 6 heteroatoms. The normalized spacial score (nSPS) is 18.0. The third-order valence-electron chi connectivity index (χ3n) is 4.67. The van der Waals surface area contributed by atoms with Gasteiger partial charge in [0.2, 0.25) is 0 Å². The molecule has 1 saturated heterocycles. The molecular weight excluding hydrogens is 290 g/mol. The monoisotopic (exact) mass is 309 g/mol. The Labute approximate surface area is 134 Å². The summed E-state index contributed by atoms with van der Waals surface area (Å²) in [4.78, 5) is 19.1. The molecule has 0 radical (unpaired) electrons. The molecule has 4 rings (SSSR count). The van der Waals surface area contributed by atoms with Crippen LogP contribution in [0.25, 0.3) is 5.65 Å². The highest BCUT2D eigenvalue weighted by atomic mass is 16.2. The summed E-state index contributed by atoms with van der Waals surface area (Å²) < 4.78 is 1.96. The smallest absolute Gasteiger partial charge is 0.274 e. The van der Waals surface area contributed by atoms with Crippen molar-refractivity contribution < 1.29 is 4.79 Å². The zero-order valence-corrected chi connectivity index (χ0v) is 13.3. The lowest BCUT2D eigenvalue weighted by Gasteiger charge is -2.15. The van der Waals surface area contributed by atoms with Crippen molar-refractivity contribution in [2.75, 3.05) is 13.1 Å². The van der Waals surface area contributed by atoms with Gasteiger partial charge in [-0.25, -0.2) is 4.98 Å². The quantitative estimate of drug-likeness (QED) is 0.790. The van der Waals surface area contributed by atoms with Gasteiger partial charge in [-0.2, -0.15) is 5.10 Å². The molecule has 0 spiro atoms. The molecule has 0 aromatic carbocycles. The van der Waals surface area contributed by atoms with E-state index in [0.717, 1.165) is 35.6 Å². The second-order valence-corrected chi connectivity index (χ2v) is 6.22. The molecule has 0 aliphatic carbocycles. The van der Waals surface area contributed by atoms with Gasteiger partial charge in [0.15, 0.2) is 0 Å². The number of aromatic amines is 1. The van der Waals surface area contributed by atoms with Gasteiger partial charge >= 0.3 is 0 Å². The number of pyridine rings is 1. The topological polar surface area (TPSA) is 66.3 Å². The first kappa shape index (κ1) is 14.0. The van der Waals surface area contributed by atoms with Crippen LogP contribution in [0, 0.1) is 13.8 Å². The molecule has 1 amide bonds. The predicted octanol–water partition coefficient (Wildman–Crippen LogP) is 2.30. The van der Waals surface area contributed by atoms with Crippen molar-refractivity contribution >= 4 is 11.6 Å². The minimum atomic E-state index is 0.00719. The number of hydrogen-bond donors (Lipinski definition) is 1. The van der Waals surface area contributed by atoms with E-state index in [0.29, 0.717) is 18.2 Å². The predicted molar refractivity (Wildman–Crippen MR) is 86.5 cm³/mol. The molecule has 0 unspecified atom stereocenters. The highest BCUT2D eigenvalue weighted by Crippen LogP contribution is 2.28. The number of imidazole rings is 1. The van der Waals surface area contributed by atoms with E-state index in [1.807, 2.05) is 53.7 Å². The molecule has 1 fully saturated rings. The molecule has 3 aromatic heterocycles. The van der Waals surface area contributed by atoms with Crippen molar-refractivity contribution in [2.24, 2.45) is 0 Å². The van der Waals surface area contributed by atoms with Gasteiger partial charge in [0.1, 0.15) is 11.3 Å². The first-order valence-corrected chi connectivity index (χ1v) is 7.87. The number of carbonyl (C=O) groups is 1. The van der Waals surface area contributed by atoms with E-state index < -0.39 is 0 Å². The van der Waals surface area contributed by atoms with E-state index in [4.69, 9.17) is 0 Å². The summed E-state index contributed by atoms with van der Waals surface area (Å²) in [5.74, 6) is 0.341. The van der Waals surface area contributed by atoms with Crippen LogP contribution in [0.3, 0.4) is 0 Å². The average molecular weight is 309 g/mol. The average Bonchev–Trinajstić information content (AvgIpc) is 3.24. The number of rotatable bonds is 2. The number of nitrogens with zero attached hydrogens (tertiary/aromatic N) is 4. The summed E-state index contributed by atoms with van der Waals surface area (Å²) in [5, 5.41) is 7.16. The van der Waals surface area contributed by atoms with Crippen LogP contribution in [0.4, 0.5) is 0 Å². The fourth-order valence-electron chi connectivity index (χ4n) is 3.36. The summed E-state index contributed by atoms with van der Waals surface area (Å²) in [6, 6.07) is 5.89. The van der Waals surface area contributed by atoms with Crippen LogP contribution in [-0.4, -0.2) is 43.5 Å². The highest BCUT2D eigenvalue weighted by molar-refractivity contribution is 5.93. The van der Waals surface area contributed by atoms with E-state index >= 15 is 0 Å². The van der Waals surface area contributed by atoms with Crippen molar-refractivity contribution in [3.63, 3.8) is 0 Å². The van der Waals surface area contributed by atoms with Crippen LogP contribution in [0.1, 0.15) is 39.8 Å². The molecule has 1 aliphatic rings. The Balaban J connectivity index is 1.57. The molecule has 1 N–H and O–H groups in total. The summed E-state index contributed by atoms with van der Waals surface area (Å²) in [7, 11) is 0. The zero-order chi connectivity index (χ0) is 16.0. The Kier molecular flexibility index (Phi) is 3.18. The maximum atomic E-state index is 12.8. The lowest BCUT2D eigenvalue weighted by atomic mass is 10.0. The minimum Gasteiger partial charge on any atom is -0.337 e. The number of nitrogens with one attached hydrogen (secondary N) is 1. The van der Waals surface area contributed by atoms with Gasteiger partial charge in [-0.05, 0) is 38.0 Å². The number of carbonyl (C=O) groups excluding carboxylic acids is 1. The van der Waals surface area contributed by atoms with E-state index in [2.05, 4.69) is 15.2 Å². The van der Waals surface area contributed by atoms with E-state index in [9.17, 15) is 4.79 Å². The number of hydrogen-bond acceptors (Lipinski definition) is 3. The fraction of sp³-hybridized carbons (Fsp3) is 0.353. The highest BCUT2D eigenvalue weighted by Gasteiger charge is 2.30. The first-order chi connectivity index (χ1) is 11.1. The van der Waals surface area contributed by atoms with Crippen molar-refractivity contribution in [1.82, 2.24) is 24.5 Å². The molecule has 1 atom stereocenters. The van der Waals surface area contributed by atoms with Crippen LogP contribution in [0.2, 0.25) is 0 Å². The molecule has 0 saturated carbocycles. The second kappa shape index (κ2) is 5.22. The number of likely N-dealkylation sites (tertiary alicyclic amines) is 1. The Morgan fingerprint density at radius 2 is 2.22 bits per heavy atom. The fourth-order valence-corrected chi connectivity index (χ4v) is 3.36. The Morgan fingerprint density at radius 1 is 1.35 bits per heavy atom. The molecule has 6 nitrogen and oxygen atoms in total. The van der Waals surface area contributed by atoms with Crippen molar-refractivity contribution in [3.8, 4) is 0 Å². The second-order valence-electron chi connectivity index (χ2n) is 6.22. The van der Waals surface area contributed by atoms with Crippen molar-refractivity contribution in [3.05, 3.63) is 53.2 Å². The summed E-state index contributed by atoms with van der Waals surface area (Å²) in [6.45, 7) is 5.54. The van der Waals surface area contributed by atoms with Crippen molar-refractivity contribution in [2.45, 2.75) is 26.2 Å². The Morgan fingerprint density at radius 3 is 2.96 bits per heavy atom. The van der Waals surface area contributed by atoms with Crippen LogP contribution >= 0.6 is 0 Å². The number of aromatic nitrogens is 4. The number of fused-ring (bicyclic) bond motifs is 1. The summed E-state index contributed by atoms with van der Waals surface area (Å²) >= 11 is 0. The van der Waals surface area contributed by atoms with Gasteiger partial charge in [-0.1, -0.05) is 6.07 Å². The molecular formula is C17H19N5O. The molecule has 4 heterocycles. The largest absolute Gasteiger partial charge is 0.337 e. The van der Waals surface area contributed by atoms with Crippen LogP contribution < -0.4 is 0 Å². The minimum absolute atomic E-state index is 0.00719. The van der Waals surface area contributed by atoms with Gasteiger partial charge in [0.05, 0.1) is 6.20 Å². The van der Waals surface area contributed by atoms with Crippen LogP contribution in [0.5, 0.6) is 0 Å². The maximum absolute atomic E-state index is 12.8. The summed E-state index contributed by atoms with van der Waals surface area (Å²) in [6.07, 6.45) is 4.63. The molecule has 1 aliphatic heterocycles. The lowest BCUT2D eigenvalue weighted by Crippen LogP contribution is -2.28. The van der Waals surface area contributed by atoms with Gasteiger partial charge in [0.25, 0.3) is 5.91 Å². The third kappa shape index (κ3) is 2.30. The van der Waals surface area contributed by atoms with Crippen LogP contribution in [0.15, 0.2) is 30.6 Å². The molecule has 23 heavy (non-hydrogen) atoms. The lowest BCUT2D eigenvalue weighted by molar-refractivity contribution is 0.0785. The van der Waals surface area contributed by atoms with E-state index in [1.54, 1.807) is 0 Å². The number of amides is 1. The molecule has 118 valence electrons. The third-order valence-corrected chi connectivity index (χ3v) is 4.67. The van der Waals surface area contributed by atoms with Gasteiger partial charge < -0.3 is 9.30 Å². The number of aryl methyl sites for hydroxylation is 2. The SMILES string of the molecule is Cc1cn[nH]c1[C@H]1CCN(C(=O)c2cn3c(C)cccc3n2)C1. The standard InChI is InChI=1S/C17H19N5O/c1-11-8-18-20-16(11)13-6-7-21(9-13)17(23)14-10-22-12(2)4-3-5-15(22)19-14/h3-5,8,10,13H,6-7,9H2,1-2H3,(H,18,20)/t13-/m0/s1. The summed E-state index contributed by atoms with van der Waals surface area (Å²) in [5.41, 5.74) is 4.70. The maximum Gasteiger partial charge on any atom is 0.274 e. The molecule has 0 bridgehead atoms.